The number of anilines is 1. The van der Waals surface area contributed by atoms with Crippen LogP contribution < -0.4 is 15.2 Å². The summed E-state index contributed by atoms with van der Waals surface area (Å²) in [5, 5.41) is 1.17. The van der Waals surface area contributed by atoms with Crippen molar-refractivity contribution in [2.24, 2.45) is 0 Å². The van der Waals surface area contributed by atoms with Crippen molar-refractivity contribution in [2.45, 2.75) is 9.96 Å². The van der Waals surface area contributed by atoms with Crippen LogP contribution in [0.5, 0.6) is 11.5 Å². The third-order valence-electron chi connectivity index (χ3n) is 2.37. The Morgan fingerprint density at radius 1 is 1.44 bits per heavy atom. The van der Waals surface area contributed by atoms with Crippen molar-refractivity contribution in [1.82, 2.24) is 4.98 Å². The van der Waals surface area contributed by atoms with E-state index >= 15 is 0 Å². The molecule has 0 bridgehead atoms. The molecule has 0 fully saturated rings. The monoisotopic (exact) mass is 300 g/mol. The largest absolute Gasteiger partial charge is 0.454 e. The Labute approximate surface area is 117 Å². The third-order valence-corrected chi connectivity index (χ3v) is 4.74. The maximum absolute atomic E-state index is 6.12. The molecule has 4 nitrogen and oxygen atoms in total. The molecular formula is C11H9ClN2O2S2. The summed E-state index contributed by atoms with van der Waals surface area (Å²) >= 11 is 9.26. The van der Waals surface area contributed by atoms with Gasteiger partial charge in [0.25, 0.3) is 0 Å². The Morgan fingerprint density at radius 3 is 3.11 bits per heavy atom. The number of nitrogens with zero attached hydrogens (tertiary/aromatic N) is 1. The van der Waals surface area contributed by atoms with Gasteiger partial charge in [-0.3, -0.25) is 0 Å². The number of aromatic nitrogens is 1. The second-order valence-corrected chi connectivity index (χ2v) is 6.36. The maximum atomic E-state index is 6.12. The fourth-order valence-corrected chi connectivity index (χ4v) is 3.57. The highest BCUT2D eigenvalue weighted by atomic mass is 35.5. The van der Waals surface area contributed by atoms with Crippen molar-refractivity contribution in [2.75, 3.05) is 12.5 Å². The van der Waals surface area contributed by atoms with Crippen molar-refractivity contribution in [3.63, 3.8) is 0 Å². The molecule has 1 aliphatic heterocycles. The summed E-state index contributed by atoms with van der Waals surface area (Å²) in [7, 11) is 0. The molecule has 0 spiro atoms. The average molecular weight is 301 g/mol. The van der Waals surface area contributed by atoms with Crippen LogP contribution in [-0.4, -0.2) is 11.8 Å². The van der Waals surface area contributed by atoms with Gasteiger partial charge >= 0.3 is 0 Å². The molecule has 1 aromatic heterocycles. The molecule has 0 aliphatic carbocycles. The van der Waals surface area contributed by atoms with Gasteiger partial charge in [0, 0.05) is 5.75 Å². The molecular weight excluding hydrogens is 292 g/mol. The lowest BCUT2D eigenvalue weighted by Gasteiger charge is -2.03. The Hall–Kier alpha value is -1.11. The number of thioether (sulfide) groups is 1. The number of ether oxygens (including phenoxy) is 2. The molecule has 2 aromatic rings. The molecule has 2 N–H and O–H groups in total. The number of thiazole rings is 1. The fourth-order valence-electron chi connectivity index (χ4n) is 1.60. The number of benzene rings is 1. The Morgan fingerprint density at radius 2 is 2.33 bits per heavy atom. The van der Waals surface area contributed by atoms with E-state index in [1.54, 1.807) is 18.0 Å². The second-order valence-electron chi connectivity index (χ2n) is 3.62. The first kappa shape index (κ1) is 12.0. The standard InChI is InChI=1S/C11H9ClN2O2S2/c12-7-1-6(2-8-10(7)16-5-15-8)4-17-9-3-14-11(13)18-9/h1-3H,4-5H2,(H2,13,14). The predicted octanol–water partition coefficient (Wildman–Crippen LogP) is 3.40. The molecule has 18 heavy (non-hydrogen) atoms. The topological polar surface area (TPSA) is 57.4 Å². The van der Waals surface area contributed by atoms with Crippen molar-refractivity contribution in [3.05, 3.63) is 28.9 Å². The first-order chi connectivity index (χ1) is 8.72. The number of hydrogen-bond acceptors (Lipinski definition) is 6. The number of nitrogens with two attached hydrogens (primary N) is 1. The SMILES string of the molecule is Nc1ncc(SCc2cc(Cl)c3c(c2)OCO3)s1. The molecule has 0 amide bonds. The van der Waals surface area contributed by atoms with Gasteiger partial charge in [0.15, 0.2) is 16.6 Å². The van der Waals surface area contributed by atoms with E-state index in [1.807, 2.05) is 12.1 Å². The molecule has 0 radical (unpaired) electrons. The molecule has 0 atom stereocenters. The zero-order valence-electron chi connectivity index (χ0n) is 9.18. The van der Waals surface area contributed by atoms with Crippen LogP contribution in [0, 0.1) is 0 Å². The Bertz CT molecular complexity index is 588. The van der Waals surface area contributed by atoms with E-state index in [9.17, 15) is 0 Å². The summed E-state index contributed by atoms with van der Waals surface area (Å²) in [4.78, 5) is 4.01. The van der Waals surface area contributed by atoms with Crippen LogP contribution in [0.15, 0.2) is 22.5 Å². The van der Waals surface area contributed by atoms with E-state index in [4.69, 9.17) is 26.8 Å². The minimum Gasteiger partial charge on any atom is -0.454 e. The minimum atomic E-state index is 0.233. The van der Waals surface area contributed by atoms with Crippen LogP contribution >= 0.6 is 34.7 Å². The number of halogens is 1. The molecule has 0 saturated carbocycles. The number of hydrogen-bond donors (Lipinski definition) is 1. The van der Waals surface area contributed by atoms with Crippen LogP contribution in [0.25, 0.3) is 0 Å². The minimum absolute atomic E-state index is 0.233. The molecule has 1 aliphatic rings. The van der Waals surface area contributed by atoms with E-state index < -0.39 is 0 Å². The lowest BCUT2D eigenvalue weighted by atomic mass is 10.2. The number of rotatable bonds is 3. The summed E-state index contributed by atoms with van der Waals surface area (Å²) in [6.45, 7) is 0.233. The molecule has 0 saturated heterocycles. The zero-order valence-corrected chi connectivity index (χ0v) is 11.6. The van der Waals surface area contributed by atoms with Crippen molar-refractivity contribution in [3.8, 4) is 11.5 Å². The van der Waals surface area contributed by atoms with Gasteiger partial charge in [-0.15, -0.1) is 11.8 Å². The van der Waals surface area contributed by atoms with Crippen LogP contribution in [0.3, 0.4) is 0 Å². The fraction of sp³-hybridized carbons (Fsp3) is 0.182. The molecule has 2 heterocycles. The second kappa shape index (κ2) is 4.87. The first-order valence-corrected chi connectivity index (χ1v) is 7.32. The van der Waals surface area contributed by atoms with Crippen LogP contribution in [-0.2, 0) is 5.75 Å². The quantitative estimate of drug-likeness (QED) is 0.880. The van der Waals surface area contributed by atoms with Crippen molar-refractivity contribution in [1.29, 1.82) is 0 Å². The highest BCUT2D eigenvalue weighted by Gasteiger charge is 2.18. The highest BCUT2D eigenvalue weighted by Crippen LogP contribution is 2.41. The summed E-state index contributed by atoms with van der Waals surface area (Å²) in [6, 6.07) is 3.85. The lowest BCUT2D eigenvalue weighted by Crippen LogP contribution is -1.93. The van der Waals surface area contributed by atoms with E-state index in [0.29, 0.717) is 21.7 Å². The average Bonchev–Trinajstić information content (AvgIpc) is 2.95. The van der Waals surface area contributed by atoms with E-state index in [0.717, 1.165) is 15.5 Å². The normalized spacial score (nSPS) is 12.9. The lowest BCUT2D eigenvalue weighted by molar-refractivity contribution is 0.174. The molecule has 7 heteroatoms. The van der Waals surface area contributed by atoms with Crippen molar-refractivity contribution >= 4 is 39.8 Å². The number of nitrogen functional groups attached to an aromatic ring is 1. The number of fused-ring (bicyclic) bond motifs is 1. The smallest absolute Gasteiger partial charge is 0.231 e. The van der Waals surface area contributed by atoms with Gasteiger partial charge in [-0.25, -0.2) is 4.98 Å². The summed E-state index contributed by atoms with van der Waals surface area (Å²) < 4.78 is 11.7. The van der Waals surface area contributed by atoms with Gasteiger partial charge in [-0.1, -0.05) is 22.9 Å². The highest BCUT2D eigenvalue weighted by molar-refractivity contribution is 8.00. The molecule has 94 valence electrons. The third kappa shape index (κ3) is 2.36. The summed E-state index contributed by atoms with van der Waals surface area (Å²) in [5.74, 6) is 2.13. The van der Waals surface area contributed by atoms with Crippen molar-refractivity contribution < 1.29 is 9.47 Å². The summed E-state index contributed by atoms with van der Waals surface area (Å²) in [5.41, 5.74) is 6.67. The van der Waals surface area contributed by atoms with Gasteiger partial charge < -0.3 is 15.2 Å². The van der Waals surface area contributed by atoms with E-state index in [-0.39, 0.29) is 6.79 Å². The van der Waals surface area contributed by atoms with E-state index in [2.05, 4.69) is 4.98 Å². The molecule has 3 rings (SSSR count). The van der Waals surface area contributed by atoms with Gasteiger partial charge in [-0.2, -0.15) is 0 Å². The van der Waals surface area contributed by atoms with Crippen LogP contribution in [0.2, 0.25) is 5.02 Å². The zero-order chi connectivity index (χ0) is 12.5. The first-order valence-electron chi connectivity index (χ1n) is 5.14. The van der Waals surface area contributed by atoms with Gasteiger partial charge in [0.05, 0.1) is 15.4 Å². The molecule has 1 aromatic carbocycles. The predicted molar refractivity (Wildman–Crippen MR) is 73.7 cm³/mol. The van der Waals surface area contributed by atoms with Gasteiger partial charge in [0.1, 0.15) is 0 Å². The summed E-state index contributed by atoms with van der Waals surface area (Å²) in [6.07, 6.45) is 1.78. The Kier molecular flexibility index (Phi) is 3.23. The van der Waals surface area contributed by atoms with Crippen LogP contribution in [0.1, 0.15) is 5.56 Å². The van der Waals surface area contributed by atoms with Crippen LogP contribution in [0.4, 0.5) is 5.13 Å². The van der Waals surface area contributed by atoms with E-state index in [1.165, 1.54) is 11.3 Å². The maximum Gasteiger partial charge on any atom is 0.231 e. The van der Waals surface area contributed by atoms with Gasteiger partial charge in [-0.05, 0) is 17.7 Å². The molecule has 0 unspecified atom stereocenters. The Balaban J connectivity index is 1.75. The van der Waals surface area contributed by atoms with Gasteiger partial charge in [0.2, 0.25) is 6.79 Å².